The molecule has 1 unspecified atom stereocenters. The lowest BCUT2D eigenvalue weighted by Gasteiger charge is -2.15. The van der Waals surface area contributed by atoms with E-state index in [1.165, 1.54) is 61.8 Å². The molecule has 2 heterocycles. The molecule has 1 aromatic carbocycles. The van der Waals surface area contributed by atoms with E-state index in [9.17, 15) is 0 Å². The highest BCUT2D eigenvalue weighted by Crippen LogP contribution is 2.30. The van der Waals surface area contributed by atoms with E-state index in [1.807, 2.05) is 0 Å². The van der Waals surface area contributed by atoms with Crippen molar-refractivity contribution >= 4 is 0 Å². The molecule has 1 fully saturated rings. The molecule has 1 atom stereocenters. The predicted molar refractivity (Wildman–Crippen MR) is 74.3 cm³/mol. The number of benzene rings is 1. The molecule has 0 amide bonds. The van der Waals surface area contributed by atoms with E-state index in [0.717, 1.165) is 12.4 Å². The van der Waals surface area contributed by atoms with E-state index >= 15 is 0 Å². The van der Waals surface area contributed by atoms with Gasteiger partial charge in [0.15, 0.2) is 0 Å². The molecule has 0 spiro atoms. The summed E-state index contributed by atoms with van der Waals surface area (Å²) in [5, 5.41) is 3.59. The summed E-state index contributed by atoms with van der Waals surface area (Å²) in [5.74, 6) is 1.16. The first kappa shape index (κ1) is 12.0. The van der Waals surface area contributed by atoms with Crippen molar-refractivity contribution in [3.05, 3.63) is 28.8 Å². The van der Waals surface area contributed by atoms with E-state index in [0.29, 0.717) is 6.04 Å². The maximum atomic E-state index is 5.89. The molecule has 2 nitrogen and oxygen atoms in total. The largest absolute Gasteiger partial charge is 0.493 e. The molecule has 0 aliphatic carbocycles. The Labute approximate surface area is 110 Å². The number of aryl methyl sites for hydroxylation is 2. The van der Waals surface area contributed by atoms with Gasteiger partial charge in [0.1, 0.15) is 5.75 Å². The van der Waals surface area contributed by atoms with E-state index in [1.54, 1.807) is 0 Å². The smallest absolute Gasteiger partial charge is 0.125 e. The van der Waals surface area contributed by atoms with Gasteiger partial charge in [-0.1, -0.05) is 12.1 Å². The average molecular weight is 245 g/mol. The van der Waals surface area contributed by atoms with Crippen LogP contribution >= 0.6 is 0 Å². The molecular formula is C16H23NO. The first-order valence-electron chi connectivity index (χ1n) is 7.31. The van der Waals surface area contributed by atoms with Gasteiger partial charge in [-0.15, -0.1) is 0 Å². The lowest BCUT2D eigenvalue weighted by molar-refractivity contribution is 0.315. The number of ether oxygens (including phenoxy) is 1. The van der Waals surface area contributed by atoms with Crippen molar-refractivity contribution in [2.45, 2.75) is 51.5 Å². The number of hydrogen-bond acceptors (Lipinski definition) is 2. The monoisotopic (exact) mass is 245 g/mol. The van der Waals surface area contributed by atoms with Crippen LogP contribution in [0.25, 0.3) is 0 Å². The van der Waals surface area contributed by atoms with Crippen LogP contribution in [0.3, 0.4) is 0 Å². The lowest BCUT2D eigenvalue weighted by Crippen LogP contribution is -2.23. The van der Waals surface area contributed by atoms with Crippen molar-refractivity contribution in [1.29, 1.82) is 0 Å². The molecule has 1 N–H and O–H groups in total. The quantitative estimate of drug-likeness (QED) is 0.865. The van der Waals surface area contributed by atoms with Gasteiger partial charge < -0.3 is 10.1 Å². The summed E-state index contributed by atoms with van der Waals surface area (Å²) < 4.78 is 5.89. The van der Waals surface area contributed by atoms with Gasteiger partial charge >= 0.3 is 0 Å². The molecule has 18 heavy (non-hydrogen) atoms. The topological polar surface area (TPSA) is 21.3 Å². The van der Waals surface area contributed by atoms with Crippen LogP contribution in [0.1, 0.15) is 42.4 Å². The van der Waals surface area contributed by atoms with Gasteiger partial charge in [0, 0.05) is 6.04 Å². The second kappa shape index (κ2) is 5.31. The summed E-state index contributed by atoms with van der Waals surface area (Å²) in [5.41, 5.74) is 4.24. The molecule has 3 rings (SSSR count). The van der Waals surface area contributed by atoms with Crippen LogP contribution in [-0.4, -0.2) is 19.2 Å². The molecule has 2 heteroatoms. The van der Waals surface area contributed by atoms with Crippen LogP contribution in [-0.2, 0) is 12.8 Å². The van der Waals surface area contributed by atoms with Crippen molar-refractivity contribution in [1.82, 2.24) is 5.32 Å². The Balaban J connectivity index is 1.82. The van der Waals surface area contributed by atoms with Gasteiger partial charge in [0.2, 0.25) is 0 Å². The van der Waals surface area contributed by atoms with E-state index in [-0.39, 0.29) is 0 Å². The first-order valence-corrected chi connectivity index (χ1v) is 7.31. The van der Waals surface area contributed by atoms with Crippen LogP contribution in [0.4, 0.5) is 0 Å². The van der Waals surface area contributed by atoms with Crippen LogP contribution < -0.4 is 10.1 Å². The van der Waals surface area contributed by atoms with Crippen molar-refractivity contribution < 1.29 is 4.74 Å². The molecular weight excluding hydrogens is 222 g/mol. The Kier molecular flexibility index (Phi) is 3.55. The Morgan fingerprint density at radius 3 is 3.06 bits per heavy atom. The summed E-state index contributed by atoms with van der Waals surface area (Å²) >= 11 is 0. The molecule has 0 bridgehead atoms. The van der Waals surface area contributed by atoms with E-state index < -0.39 is 0 Å². The van der Waals surface area contributed by atoms with Gasteiger partial charge in [0.25, 0.3) is 0 Å². The normalized spacial score (nSPS) is 23.3. The third-order valence-electron chi connectivity index (χ3n) is 4.14. The van der Waals surface area contributed by atoms with Crippen LogP contribution in [0.2, 0.25) is 0 Å². The summed E-state index contributed by atoms with van der Waals surface area (Å²) in [6, 6.07) is 5.40. The average Bonchev–Trinajstić information content (AvgIpc) is 2.73. The van der Waals surface area contributed by atoms with Crippen LogP contribution in [0, 0.1) is 6.92 Å². The summed E-state index contributed by atoms with van der Waals surface area (Å²) in [6.07, 6.45) is 7.46. The molecule has 0 saturated carbocycles. The second-order valence-electron chi connectivity index (χ2n) is 5.70. The van der Waals surface area contributed by atoms with Gasteiger partial charge in [-0.25, -0.2) is 0 Å². The zero-order valence-electron chi connectivity index (χ0n) is 11.3. The predicted octanol–water partition coefficient (Wildman–Crippen LogP) is 3.00. The molecule has 98 valence electrons. The van der Waals surface area contributed by atoms with E-state index in [4.69, 9.17) is 4.74 Å². The molecule has 0 aromatic heterocycles. The highest BCUT2D eigenvalue weighted by Gasteiger charge is 2.17. The van der Waals surface area contributed by atoms with E-state index in [2.05, 4.69) is 24.4 Å². The van der Waals surface area contributed by atoms with Crippen LogP contribution in [0.5, 0.6) is 5.75 Å². The lowest BCUT2D eigenvalue weighted by atomic mass is 9.97. The molecule has 0 radical (unpaired) electrons. The Bertz CT molecular complexity index is 421. The van der Waals surface area contributed by atoms with Gasteiger partial charge in [-0.05, 0) is 68.7 Å². The number of nitrogens with one attached hydrogen (secondary N) is 1. The second-order valence-corrected chi connectivity index (χ2v) is 5.70. The highest BCUT2D eigenvalue weighted by molar-refractivity contribution is 5.45. The maximum absolute atomic E-state index is 5.89. The standard InChI is InChI=1S/C16H23NO/c1-12-9-13(11-15-6-4-7-17-15)10-14-5-2-3-8-18-16(12)14/h9-10,15,17H,2-8,11H2,1H3. The first-order chi connectivity index (χ1) is 8.83. The van der Waals surface area contributed by atoms with Gasteiger partial charge in [0.05, 0.1) is 6.61 Å². The summed E-state index contributed by atoms with van der Waals surface area (Å²) in [7, 11) is 0. The highest BCUT2D eigenvalue weighted by atomic mass is 16.5. The SMILES string of the molecule is Cc1cc(CC2CCCN2)cc2c1OCCCC2. The van der Waals surface area contributed by atoms with Crippen molar-refractivity contribution in [2.75, 3.05) is 13.2 Å². The number of hydrogen-bond donors (Lipinski definition) is 1. The fourth-order valence-electron chi connectivity index (χ4n) is 3.25. The van der Waals surface area contributed by atoms with Gasteiger partial charge in [-0.2, -0.15) is 0 Å². The fourth-order valence-corrected chi connectivity index (χ4v) is 3.25. The third-order valence-corrected chi connectivity index (χ3v) is 4.14. The molecule has 1 aromatic rings. The third kappa shape index (κ3) is 2.54. The minimum absolute atomic E-state index is 0.689. The number of rotatable bonds is 2. The van der Waals surface area contributed by atoms with Crippen molar-refractivity contribution in [3.8, 4) is 5.75 Å². The molecule has 2 aliphatic rings. The Morgan fingerprint density at radius 1 is 1.28 bits per heavy atom. The van der Waals surface area contributed by atoms with Crippen LogP contribution in [0.15, 0.2) is 12.1 Å². The summed E-state index contributed by atoms with van der Waals surface area (Å²) in [4.78, 5) is 0. The minimum atomic E-state index is 0.689. The fraction of sp³-hybridized carbons (Fsp3) is 0.625. The summed E-state index contributed by atoms with van der Waals surface area (Å²) in [6.45, 7) is 4.27. The van der Waals surface area contributed by atoms with Crippen molar-refractivity contribution in [3.63, 3.8) is 0 Å². The Hall–Kier alpha value is -1.02. The zero-order valence-corrected chi connectivity index (χ0v) is 11.3. The maximum Gasteiger partial charge on any atom is 0.125 e. The molecule has 1 saturated heterocycles. The minimum Gasteiger partial charge on any atom is -0.493 e. The van der Waals surface area contributed by atoms with Gasteiger partial charge in [-0.3, -0.25) is 0 Å². The van der Waals surface area contributed by atoms with Crippen molar-refractivity contribution in [2.24, 2.45) is 0 Å². The number of fused-ring (bicyclic) bond motifs is 1. The Morgan fingerprint density at radius 2 is 2.22 bits per heavy atom. The molecule has 2 aliphatic heterocycles. The zero-order chi connectivity index (χ0) is 12.4.